The Labute approximate surface area is 155 Å². The van der Waals surface area contributed by atoms with Gasteiger partial charge in [0.1, 0.15) is 11.5 Å². The summed E-state index contributed by atoms with van der Waals surface area (Å²) in [6, 6.07) is 16.0. The molecule has 0 unspecified atom stereocenters. The first kappa shape index (κ1) is 18.3. The van der Waals surface area contributed by atoms with Crippen LogP contribution in [0.25, 0.3) is 0 Å². The minimum atomic E-state index is -0.0775. The Balaban J connectivity index is 1.58. The van der Waals surface area contributed by atoms with Crippen molar-refractivity contribution in [1.29, 1.82) is 0 Å². The molecule has 2 aromatic carbocycles. The van der Waals surface area contributed by atoms with E-state index in [-0.39, 0.29) is 17.9 Å². The number of aryl methyl sites for hydroxylation is 1. The number of benzene rings is 2. The van der Waals surface area contributed by atoms with Crippen LogP contribution in [0.3, 0.4) is 0 Å². The largest absolute Gasteiger partial charge is 0.497 e. The standard InChI is InChI=1S/C22H27NO3/c1-17-6-5-7-20(14-17)26-15-21(24)23-16-22(12-3-4-13-22)18-8-10-19(25-2)11-9-18/h5-11,14H,3-4,12-13,15-16H2,1-2H3,(H,23,24). The average molecular weight is 353 g/mol. The van der Waals surface area contributed by atoms with Gasteiger partial charge in [0.2, 0.25) is 0 Å². The second-order valence-corrected chi connectivity index (χ2v) is 7.10. The second-order valence-electron chi connectivity index (χ2n) is 7.10. The molecule has 0 spiro atoms. The van der Waals surface area contributed by atoms with Crippen molar-refractivity contribution in [2.45, 2.75) is 38.0 Å². The third kappa shape index (κ3) is 4.37. The molecule has 4 nitrogen and oxygen atoms in total. The number of nitrogens with one attached hydrogen (secondary N) is 1. The topological polar surface area (TPSA) is 47.6 Å². The van der Waals surface area contributed by atoms with Crippen LogP contribution in [-0.2, 0) is 10.2 Å². The van der Waals surface area contributed by atoms with Gasteiger partial charge in [-0.05, 0) is 55.2 Å². The summed E-state index contributed by atoms with van der Waals surface area (Å²) in [5, 5.41) is 3.08. The van der Waals surface area contributed by atoms with E-state index in [0.717, 1.165) is 29.9 Å². The molecule has 1 aliphatic carbocycles. The molecule has 0 aromatic heterocycles. The molecule has 1 aliphatic rings. The van der Waals surface area contributed by atoms with Gasteiger partial charge in [-0.25, -0.2) is 0 Å². The van der Waals surface area contributed by atoms with Crippen LogP contribution in [0.5, 0.6) is 11.5 Å². The van der Waals surface area contributed by atoms with Crippen LogP contribution in [-0.4, -0.2) is 26.2 Å². The van der Waals surface area contributed by atoms with E-state index in [1.165, 1.54) is 18.4 Å². The predicted molar refractivity (Wildman–Crippen MR) is 103 cm³/mol. The van der Waals surface area contributed by atoms with Crippen LogP contribution in [0.2, 0.25) is 0 Å². The van der Waals surface area contributed by atoms with E-state index in [4.69, 9.17) is 9.47 Å². The molecule has 3 rings (SSSR count). The molecule has 26 heavy (non-hydrogen) atoms. The molecule has 0 saturated heterocycles. The summed E-state index contributed by atoms with van der Waals surface area (Å²) in [7, 11) is 1.68. The van der Waals surface area contributed by atoms with E-state index >= 15 is 0 Å². The molecule has 0 bridgehead atoms. The third-order valence-electron chi connectivity index (χ3n) is 5.25. The van der Waals surface area contributed by atoms with Gasteiger partial charge in [0, 0.05) is 12.0 Å². The van der Waals surface area contributed by atoms with Crippen molar-refractivity contribution in [3.8, 4) is 11.5 Å². The van der Waals surface area contributed by atoms with Gasteiger partial charge < -0.3 is 14.8 Å². The van der Waals surface area contributed by atoms with Crippen LogP contribution < -0.4 is 14.8 Å². The van der Waals surface area contributed by atoms with Crippen LogP contribution >= 0.6 is 0 Å². The molecule has 1 amide bonds. The van der Waals surface area contributed by atoms with E-state index in [2.05, 4.69) is 17.4 Å². The average Bonchev–Trinajstić information content (AvgIpc) is 3.15. The fraction of sp³-hybridized carbons (Fsp3) is 0.409. The first-order valence-electron chi connectivity index (χ1n) is 9.22. The lowest BCUT2D eigenvalue weighted by Crippen LogP contribution is -2.40. The molecular weight excluding hydrogens is 326 g/mol. The Hall–Kier alpha value is -2.49. The maximum atomic E-state index is 12.3. The number of carbonyl (C=O) groups excluding carboxylic acids is 1. The highest BCUT2D eigenvalue weighted by Crippen LogP contribution is 2.41. The fourth-order valence-electron chi connectivity index (χ4n) is 3.74. The first-order valence-corrected chi connectivity index (χ1v) is 9.22. The van der Waals surface area contributed by atoms with Crippen molar-refractivity contribution in [3.05, 3.63) is 59.7 Å². The molecule has 0 radical (unpaired) electrons. The zero-order valence-electron chi connectivity index (χ0n) is 15.6. The van der Waals surface area contributed by atoms with Crippen molar-refractivity contribution in [2.75, 3.05) is 20.3 Å². The minimum absolute atomic E-state index is 0.0191. The predicted octanol–water partition coefficient (Wildman–Crippen LogP) is 4.01. The van der Waals surface area contributed by atoms with Gasteiger partial charge in [0.25, 0.3) is 5.91 Å². The Bertz CT molecular complexity index is 733. The van der Waals surface area contributed by atoms with Gasteiger partial charge in [-0.1, -0.05) is 37.1 Å². The molecular formula is C22H27NO3. The molecule has 4 heteroatoms. The number of methoxy groups -OCH3 is 1. The van der Waals surface area contributed by atoms with Crippen LogP contribution in [0.1, 0.15) is 36.8 Å². The zero-order chi connectivity index (χ0) is 18.4. The normalized spacial score (nSPS) is 15.5. The van der Waals surface area contributed by atoms with Crippen LogP contribution in [0.4, 0.5) is 0 Å². The molecule has 138 valence electrons. The maximum Gasteiger partial charge on any atom is 0.257 e. The Kier molecular flexibility index (Phi) is 5.82. The third-order valence-corrected chi connectivity index (χ3v) is 5.25. The van der Waals surface area contributed by atoms with Gasteiger partial charge >= 0.3 is 0 Å². The second kappa shape index (κ2) is 8.26. The zero-order valence-corrected chi connectivity index (χ0v) is 15.6. The highest BCUT2D eigenvalue weighted by molar-refractivity contribution is 5.77. The molecule has 0 heterocycles. The highest BCUT2D eigenvalue weighted by atomic mass is 16.5. The number of amides is 1. The van der Waals surface area contributed by atoms with Crippen molar-refractivity contribution in [3.63, 3.8) is 0 Å². The SMILES string of the molecule is COc1ccc(C2(CNC(=O)COc3cccc(C)c3)CCCC2)cc1. The summed E-state index contributed by atoms with van der Waals surface area (Å²) < 4.78 is 10.9. The van der Waals surface area contributed by atoms with E-state index in [1.54, 1.807) is 7.11 Å². The lowest BCUT2D eigenvalue weighted by atomic mass is 9.79. The Morgan fingerprint density at radius 2 is 1.81 bits per heavy atom. The van der Waals surface area contributed by atoms with E-state index in [9.17, 15) is 4.79 Å². The number of hydrogen-bond donors (Lipinski definition) is 1. The molecule has 0 atom stereocenters. The van der Waals surface area contributed by atoms with Crippen molar-refractivity contribution < 1.29 is 14.3 Å². The van der Waals surface area contributed by atoms with Crippen LogP contribution in [0.15, 0.2) is 48.5 Å². The van der Waals surface area contributed by atoms with Crippen molar-refractivity contribution in [1.82, 2.24) is 5.32 Å². The molecule has 1 fully saturated rings. The summed E-state index contributed by atoms with van der Waals surface area (Å²) >= 11 is 0. The van der Waals surface area contributed by atoms with Gasteiger partial charge in [-0.3, -0.25) is 4.79 Å². The molecule has 1 saturated carbocycles. The summed E-state index contributed by atoms with van der Waals surface area (Å²) in [6.45, 7) is 2.70. The lowest BCUT2D eigenvalue weighted by molar-refractivity contribution is -0.123. The van der Waals surface area contributed by atoms with Gasteiger partial charge in [0.15, 0.2) is 6.61 Å². The van der Waals surface area contributed by atoms with Gasteiger partial charge in [0.05, 0.1) is 7.11 Å². The number of rotatable bonds is 7. The minimum Gasteiger partial charge on any atom is -0.497 e. The number of ether oxygens (including phenoxy) is 2. The lowest BCUT2D eigenvalue weighted by Gasteiger charge is -2.30. The molecule has 2 aromatic rings. The summed E-state index contributed by atoms with van der Waals surface area (Å²) in [6.07, 6.45) is 4.58. The molecule has 0 aliphatic heterocycles. The maximum absolute atomic E-state index is 12.3. The van der Waals surface area contributed by atoms with Crippen LogP contribution in [0, 0.1) is 6.92 Å². The van der Waals surface area contributed by atoms with E-state index in [1.807, 2.05) is 43.3 Å². The van der Waals surface area contributed by atoms with Crippen molar-refractivity contribution >= 4 is 5.91 Å². The molecule has 1 N–H and O–H groups in total. The quantitative estimate of drug-likeness (QED) is 0.818. The number of hydrogen-bond acceptors (Lipinski definition) is 3. The van der Waals surface area contributed by atoms with E-state index < -0.39 is 0 Å². The highest BCUT2D eigenvalue weighted by Gasteiger charge is 2.35. The summed E-state index contributed by atoms with van der Waals surface area (Å²) in [5.74, 6) is 1.51. The summed E-state index contributed by atoms with van der Waals surface area (Å²) in [5.41, 5.74) is 2.41. The van der Waals surface area contributed by atoms with Gasteiger partial charge in [-0.15, -0.1) is 0 Å². The van der Waals surface area contributed by atoms with Gasteiger partial charge in [-0.2, -0.15) is 0 Å². The fourth-order valence-corrected chi connectivity index (χ4v) is 3.74. The Morgan fingerprint density at radius 1 is 1.08 bits per heavy atom. The monoisotopic (exact) mass is 353 g/mol. The number of carbonyl (C=O) groups is 1. The summed E-state index contributed by atoms with van der Waals surface area (Å²) in [4.78, 5) is 12.3. The smallest absolute Gasteiger partial charge is 0.257 e. The van der Waals surface area contributed by atoms with E-state index in [0.29, 0.717) is 6.54 Å². The Morgan fingerprint density at radius 3 is 2.46 bits per heavy atom. The van der Waals surface area contributed by atoms with Crippen molar-refractivity contribution in [2.24, 2.45) is 0 Å². The first-order chi connectivity index (χ1) is 12.6.